The Hall–Kier alpha value is -0.860. The summed E-state index contributed by atoms with van der Waals surface area (Å²) in [4.78, 5) is 0. The van der Waals surface area contributed by atoms with E-state index >= 15 is 0 Å². The molecule has 1 aromatic rings. The van der Waals surface area contributed by atoms with Crippen LogP contribution in [-0.2, 0) is 24.4 Å². The van der Waals surface area contributed by atoms with E-state index in [2.05, 4.69) is 37.4 Å². The molecule has 0 atom stereocenters. The molecule has 2 heteroatoms. The van der Waals surface area contributed by atoms with Gasteiger partial charge < -0.3 is 10.1 Å². The molecule has 1 heterocycles. The average molecular weight is 247 g/mol. The summed E-state index contributed by atoms with van der Waals surface area (Å²) in [7, 11) is 0. The Morgan fingerprint density at radius 1 is 1.11 bits per heavy atom. The molecule has 0 unspecified atom stereocenters. The number of rotatable bonds is 7. The zero-order chi connectivity index (χ0) is 12.8. The molecule has 0 aliphatic carbocycles. The minimum absolute atomic E-state index is 0.613. The Morgan fingerprint density at radius 3 is 2.78 bits per heavy atom. The van der Waals surface area contributed by atoms with Crippen molar-refractivity contribution in [2.45, 2.75) is 58.8 Å². The first-order valence-corrected chi connectivity index (χ1v) is 7.17. The van der Waals surface area contributed by atoms with E-state index in [9.17, 15) is 0 Å². The van der Waals surface area contributed by atoms with Crippen molar-refractivity contribution >= 4 is 0 Å². The second-order valence-corrected chi connectivity index (χ2v) is 5.52. The van der Waals surface area contributed by atoms with E-state index in [0.29, 0.717) is 6.04 Å². The highest BCUT2D eigenvalue weighted by Gasteiger charge is 2.10. The summed E-state index contributed by atoms with van der Waals surface area (Å²) in [5.74, 6) is 0. The van der Waals surface area contributed by atoms with Crippen LogP contribution in [0.5, 0.6) is 0 Å². The normalized spacial score (nSPS) is 14.2. The minimum Gasteiger partial charge on any atom is -0.372 e. The van der Waals surface area contributed by atoms with Crippen LogP contribution >= 0.6 is 0 Å². The van der Waals surface area contributed by atoms with Gasteiger partial charge in [0.05, 0.1) is 13.2 Å². The second-order valence-electron chi connectivity index (χ2n) is 5.52. The fourth-order valence-electron chi connectivity index (χ4n) is 2.40. The van der Waals surface area contributed by atoms with Crippen molar-refractivity contribution in [3.63, 3.8) is 0 Å². The van der Waals surface area contributed by atoms with Gasteiger partial charge in [-0.2, -0.15) is 0 Å². The van der Waals surface area contributed by atoms with E-state index in [1.165, 1.54) is 42.4 Å². The van der Waals surface area contributed by atoms with Crippen LogP contribution in [0.4, 0.5) is 0 Å². The summed E-state index contributed by atoms with van der Waals surface area (Å²) < 4.78 is 5.44. The van der Waals surface area contributed by atoms with E-state index in [0.717, 1.165) is 19.8 Å². The third-order valence-electron chi connectivity index (χ3n) is 3.48. The number of nitrogens with one attached hydrogen (secondary N) is 1. The molecule has 2 rings (SSSR count). The summed E-state index contributed by atoms with van der Waals surface area (Å²) in [6.45, 7) is 7.16. The lowest BCUT2D eigenvalue weighted by Gasteiger charge is -2.08. The van der Waals surface area contributed by atoms with E-state index < -0.39 is 0 Å². The Balaban J connectivity index is 1.65. The van der Waals surface area contributed by atoms with Gasteiger partial charge in [-0.1, -0.05) is 38.5 Å². The van der Waals surface area contributed by atoms with Gasteiger partial charge in [-0.05, 0) is 42.5 Å². The maximum absolute atomic E-state index is 5.44. The summed E-state index contributed by atoms with van der Waals surface area (Å²) >= 11 is 0. The Bertz CT molecular complexity index is 373. The van der Waals surface area contributed by atoms with Gasteiger partial charge >= 0.3 is 0 Å². The van der Waals surface area contributed by atoms with Gasteiger partial charge in [0, 0.05) is 6.04 Å². The van der Waals surface area contributed by atoms with Gasteiger partial charge in [-0.25, -0.2) is 0 Å². The van der Waals surface area contributed by atoms with Crippen LogP contribution in [0.15, 0.2) is 18.2 Å². The topological polar surface area (TPSA) is 21.3 Å². The maximum Gasteiger partial charge on any atom is 0.0725 e. The maximum atomic E-state index is 5.44. The highest BCUT2D eigenvalue weighted by atomic mass is 16.5. The van der Waals surface area contributed by atoms with Gasteiger partial charge in [0.15, 0.2) is 0 Å². The van der Waals surface area contributed by atoms with Gasteiger partial charge in [0.1, 0.15) is 0 Å². The Morgan fingerprint density at radius 2 is 1.94 bits per heavy atom. The van der Waals surface area contributed by atoms with Crippen LogP contribution in [0.25, 0.3) is 0 Å². The summed E-state index contributed by atoms with van der Waals surface area (Å²) in [5.41, 5.74) is 4.24. The van der Waals surface area contributed by atoms with Crippen LogP contribution in [-0.4, -0.2) is 12.6 Å². The Labute approximate surface area is 111 Å². The third kappa shape index (κ3) is 4.11. The highest BCUT2D eigenvalue weighted by Crippen LogP contribution is 2.21. The lowest BCUT2D eigenvalue weighted by atomic mass is 10.0. The van der Waals surface area contributed by atoms with Crippen molar-refractivity contribution in [2.75, 3.05) is 6.54 Å². The smallest absolute Gasteiger partial charge is 0.0725 e. The summed E-state index contributed by atoms with van der Waals surface area (Å²) in [5, 5.41) is 3.46. The van der Waals surface area contributed by atoms with Crippen LogP contribution < -0.4 is 5.32 Å². The number of hydrogen-bond acceptors (Lipinski definition) is 2. The first-order valence-electron chi connectivity index (χ1n) is 7.17. The fraction of sp³-hybridized carbons (Fsp3) is 0.625. The zero-order valence-electron chi connectivity index (χ0n) is 11.7. The quantitative estimate of drug-likeness (QED) is 0.745. The standard InChI is InChI=1S/C16H25NO/c1-13(2)17-9-5-3-4-6-14-7-8-15-11-18-12-16(15)10-14/h7-8,10,13,17H,3-6,9,11-12H2,1-2H3. The molecule has 1 aliphatic rings. The molecule has 0 saturated carbocycles. The minimum atomic E-state index is 0.613. The van der Waals surface area contributed by atoms with E-state index in [4.69, 9.17) is 4.74 Å². The predicted molar refractivity (Wildman–Crippen MR) is 75.6 cm³/mol. The van der Waals surface area contributed by atoms with Crippen LogP contribution in [0.3, 0.4) is 0 Å². The van der Waals surface area contributed by atoms with E-state index in [-0.39, 0.29) is 0 Å². The molecule has 18 heavy (non-hydrogen) atoms. The Kier molecular flexibility index (Phi) is 5.21. The molecule has 0 fully saturated rings. The molecule has 0 spiro atoms. The monoisotopic (exact) mass is 247 g/mol. The number of unbranched alkanes of at least 4 members (excludes halogenated alkanes) is 2. The fourth-order valence-corrected chi connectivity index (χ4v) is 2.40. The van der Waals surface area contributed by atoms with Crippen molar-refractivity contribution in [3.05, 3.63) is 34.9 Å². The van der Waals surface area contributed by atoms with Crippen molar-refractivity contribution in [1.82, 2.24) is 5.32 Å². The first-order chi connectivity index (χ1) is 8.75. The van der Waals surface area contributed by atoms with Gasteiger partial charge in [-0.15, -0.1) is 0 Å². The molecule has 100 valence electrons. The molecular weight excluding hydrogens is 222 g/mol. The number of benzene rings is 1. The molecule has 0 saturated heterocycles. The molecule has 1 aromatic carbocycles. The molecular formula is C16H25NO. The molecule has 0 bridgehead atoms. The molecule has 0 amide bonds. The number of hydrogen-bond donors (Lipinski definition) is 1. The zero-order valence-corrected chi connectivity index (χ0v) is 11.7. The number of fused-ring (bicyclic) bond motifs is 1. The molecule has 2 nitrogen and oxygen atoms in total. The highest BCUT2D eigenvalue weighted by molar-refractivity contribution is 5.33. The molecule has 0 aromatic heterocycles. The van der Waals surface area contributed by atoms with Gasteiger partial charge in [-0.3, -0.25) is 0 Å². The van der Waals surface area contributed by atoms with Gasteiger partial charge in [0.2, 0.25) is 0 Å². The SMILES string of the molecule is CC(C)NCCCCCc1ccc2c(c1)COC2. The van der Waals surface area contributed by atoms with Gasteiger partial charge in [0.25, 0.3) is 0 Å². The lowest BCUT2D eigenvalue weighted by molar-refractivity contribution is 0.134. The number of ether oxygens (including phenoxy) is 1. The first kappa shape index (κ1) is 13.6. The van der Waals surface area contributed by atoms with E-state index in [1.54, 1.807) is 0 Å². The van der Waals surface area contributed by atoms with Crippen molar-refractivity contribution < 1.29 is 4.74 Å². The molecule has 0 radical (unpaired) electrons. The van der Waals surface area contributed by atoms with Crippen molar-refractivity contribution in [2.24, 2.45) is 0 Å². The molecule has 1 aliphatic heterocycles. The van der Waals surface area contributed by atoms with Crippen LogP contribution in [0.1, 0.15) is 49.8 Å². The van der Waals surface area contributed by atoms with Crippen molar-refractivity contribution in [1.29, 1.82) is 0 Å². The van der Waals surface area contributed by atoms with Crippen molar-refractivity contribution in [3.8, 4) is 0 Å². The summed E-state index contributed by atoms with van der Waals surface area (Å²) in [6.07, 6.45) is 5.09. The van der Waals surface area contributed by atoms with Crippen LogP contribution in [0.2, 0.25) is 0 Å². The summed E-state index contributed by atoms with van der Waals surface area (Å²) in [6, 6.07) is 7.44. The largest absolute Gasteiger partial charge is 0.372 e. The predicted octanol–water partition coefficient (Wildman–Crippen LogP) is 3.43. The third-order valence-corrected chi connectivity index (χ3v) is 3.48. The molecule has 1 N–H and O–H groups in total. The number of aryl methyl sites for hydroxylation is 1. The lowest BCUT2D eigenvalue weighted by Crippen LogP contribution is -2.23. The average Bonchev–Trinajstić information content (AvgIpc) is 2.80. The van der Waals surface area contributed by atoms with Crippen LogP contribution in [0, 0.1) is 0 Å². The van der Waals surface area contributed by atoms with E-state index in [1.807, 2.05) is 0 Å². The second kappa shape index (κ2) is 6.91.